The van der Waals surface area contributed by atoms with E-state index < -0.39 is 0 Å². The van der Waals surface area contributed by atoms with Gasteiger partial charge in [-0.05, 0) is 19.4 Å². The van der Waals surface area contributed by atoms with Crippen molar-refractivity contribution in [3.05, 3.63) is 36.5 Å². The highest BCUT2D eigenvalue weighted by molar-refractivity contribution is 5.28. The summed E-state index contributed by atoms with van der Waals surface area (Å²) in [5, 5.41) is 0. The van der Waals surface area contributed by atoms with Crippen LogP contribution >= 0.6 is 0 Å². The van der Waals surface area contributed by atoms with Crippen molar-refractivity contribution in [2.75, 3.05) is 0 Å². The Balaban J connectivity index is 2.58. The predicted octanol–water partition coefficient (Wildman–Crippen LogP) is 2.70. The molecule has 0 aromatic carbocycles. The van der Waals surface area contributed by atoms with E-state index in [1.807, 2.05) is 25.2 Å². The lowest BCUT2D eigenvalue weighted by molar-refractivity contribution is 0.825. The van der Waals surface area contributed by atoms with Crippen LogP contribution in [-0.4, -0.2) is 0 Å². The molecule has 1 unspecified atom stereocenters. The van der Waals surface area contributed by atoms with Crippen molar-refractivity contribution >= 4 is 0 Å². The quantitative estimate of drug-likeness (QED) is 0.413. The molecule has 0 saturated heterocycles. The van der Waals surface area contributed by atoms with Gasteiger partial charge < -0.3 is 0 Å². The lowest BCUT2D eigenvalue weighted by atomic mass is 10.0. The van der Waals surface area contributed by atoms with E-state index in [2.05, 4.69) is 24.5 Å². The summed E-state index contributed by atoms with van der Waals surface area (Å²) >= 11 is 0. The molecule has 1 aliphatic carbocycles. The number of rotatable bonds is 2. The molecule has 0 radical (unpaired) electrons. The van der Waals surface area contributed by atoms with Gasteiger partial charge in [-0.1, -0.05) is 35.6 Å². The molecule has 0 N–H and O–H groups in total. The van der Waals surface area contributed by atoms with E-state index in [0.29, 0.717) is 5.92 Å². The molecule has 0 amide bonds. The highest BCUT2D eigenvalue weighted by Gasteiger charge is 1.99. The predicted molar refractivity (Wildman–Crippen MR) is 49.0 cm³/mol. The van der Waals surface area contributed by atoms with Gasteiger partial charge in [0.15, 0.2) is 0 Å². The van der Waals surface area contributed by atoms with Crippen LogP contribution in [0.25, 0.3) is 0 Å². The van der Waals surface area contributed by atoms with Crippen LogP contribution in [0.4, 0.5) is 0 Å². The van der Waals surface area contributed by atoms with E-state index in [1.165, 1.54) is 5.57 Å². The minimum absolute atomic E-state index is 0.363. The van der Waals surface area contributed by atoms with Gasteiger partial charge in [-0.25, -0.2) is 0 Å². The van der Waals surface area contributed by atoms with Crippen molar-refractivity contribution in [2.45, 2.75) is 13.3 Å². The summed E-state index contributed by atoms with van der Waals surface area (Å²) in [6.45, 7) is 5.89. The largest absolute Gasteiger partial charge is 0.100 e. The molecular weight excluding hydrogens is 132 g/mol. The van der Waals surface area contributed by atoms with Gasteiger partial charge in [-0.2, -0.15) is 0 Å². The SMILES string of the molecule is C=C(C)CC1C#CC=CC=C1. The first kappa shape index (κ1) is 7.88. The van der Waals surface area contributed by atoms with Gasteiger partial charge in [0.05, 0.1) is 0 Å². The summed E-state index contributed by atoms with van der Waals surface area (Å²) in [6.07, 6.45) is 8.96. The van der Waals surface area contributed by atoms with Gasteiger partial charge in [0, 0.05) is 5.92 Å². The summed E-state index contributed by atoms with van der Waals surface area (Å²) in [5.41, 5.74) is 1.19. The molecule has 11 heavy (non-hydrogen) atoms. The fourth-order valence-electron chi connectivity index (χ4n) is 1.000. The van der Waals surface area contributed by atoms with Crippen LogP contribution in [0, 0.1) is 17.8 Å². The van der Waals surface area contributed by atoms with Crippen LogP contribution in [0.5, 0.6) is 0 Å². The van der Waals surface area contributed by atoms with E-state index in [-0.39, 0.29) is 0 Å². The van der Waals surface area contributed by atoms with E-state index >= 15 is 0 Å². The number of allylic oxidation sites excluding steroid dienone is 5. The van der Waals surface area contributed by atoms with Crippen molar-refractivity contribution in [3.8, 4) is 11.8 Å². The Kier molecular flexibility index (Phi) is 2.74. The van der Waals surface area contributed by atoms with Crippen molar-refractivity contribution in [3.63, 3.8) is 0 Å². The zero-order chi connectivity index (χ0) is 8.10. The van der Waals surface area contributed by atoms with E-state index in [4.69, 9.17) is 0 Å². The van der Waals surface area contributed by atoms with Crippen LogP contribution in [0.2, 0.25) is 0 Å². The van der Waals surface area contributed by atoms with Crippen LogP contribution in [0.15, 0.2) is 36.5 Å². The van der Waals surface area contributed by atoms with E-state index in [9.17, 15) is 0 Å². The van der Waals surface area contributed by atoms with Gasteiger partial charge >= 0.3 is 0 Å². The third-order valence-corrected chi connectivity index (χ3v) is 1.47. The van der Waals surface area contributed by atoms with E-state index in [1.54, 1.807) is 0 Å². The molecule has 0 heterocycles. The van der Waals surface area contributed by atoms with Crippen molar-refractivity contribution in [2.24, 2.45) is 5.92 Å². The van der Waals surface area contributed by atoms with Crippen molar-refractivity contribution in [1.29, 1.82) is 0 Å². The molecule has 1 aliphatic rings. The summed E-state index contributed by atoms with van der Waals surface area (Å²) in [5.74, 6) is 6.46. The van der Waals surface area contributed by atoms with Crippen LogP contribution in [-0.2, 0) is 0 Å². The minimum atomic E-state index is 0.363. The minimum Gasteiger partial charge on any atom is -0.100 e. The van der Waals surface area contributed by atoms with Crippen LogP contribution in [0.1, 0.15) is 13.3 Å². The second-order valence-electron chi connectivity index (χ2n) is 2.80. The maximum Gasteiger partial charge on any atom is 0.0426 e. The standard InChI is InChI=1S/C11H12/c1-10(2)9-11-7-5-3-4-6-8-11/h3-5,7,11H,1,9H2,2H3. The molecule has 0 bridgehead atoms. The summed E-state index contributed by atoms with van der Waals surface area (Å²) in [7, 11) is 0. The summed E-state index contributed by atoms with van der Waals surface area (Å²) in [6, 6.07) is 0. The Morgan fingerprint density at radius 2 is 2.36 bits per heavy atom. The highest BCUT2D eigenvalue weighted by atomic mass is 14.0. The zero-order valence-electron chi connectivity index (χ0n) is 6.80. The molecule has 0 spiro atoms. The summed E-state index contributed by atoms with van der Waals surface area (Å²) in [4.78, 5) is 0. The highest BCUT2D eigenvalue weighted by Crippen LogP contribution is 2.11. The molecule has 1 rings (SSSR count). The van der Waals surface area contributed by atoms with E-state index in [0.717, 1.165) is 6.42 Å². The summed E-state index contributed by atoms with van der Waals surface area (Å²) < 4.78 is 0. The normalized spacial score (nSPS) is 20.3. The average Bonchev–Trinajstić information content (AvgIpc) is 2.14. The first-order valence-corrected chi connectivity index (χ1v) is 3.78. The first-order chi connectivity index (χ1) is 5.29. The van der Waals surface area contributed by atoms with Gasteiger partial charge in [0.1, 0.15) is 0 Å². The zero-order valence-corrected chi connectivity index (χ0v) is 6.80. The molecular formula is C11H12. The Bertz CT molecular complexity index is 255. The monoisotopic (exact) mass is 144 g/mol. The fraction of sp³-hybridized carbons (Fsp3) is 0.273. The Morgan fingerprint density at radius 3 is 3.09 bits per heavy atom. The van der Waals surface area contributed by atoms with Crippen LogP contribution < -0.4 is 0 Å². The first-order valence-electron chi connectivity index (χ1n) is 3.78. The topological polar surface area (TPSA) is 0 Å². The molecule has 0 nitrogen and oxygen atoms in total. The smallest absolute Gasteiger partial charge is 0.0426 e. The maximum absolute atomic E-state index is 3.86. The second kappa shape index (κ2) is 3.83. The van der Waals surface area contributed by atoms with Gasteiger partial charge in [-0.15, -0.1) is 6.58 Å². The van der Waals surface area contributed by atoms with Crippen LogP contribution in [0.3, 0.4) is 0 Å². The lowest BCUT2D eigenvalue weighted by Gasteiger charge is -2.02. The molecule has 0 aromatic rings. The average molecular weight is 144 g/mol. The lowest BCUT2D eigenvalue weighted by Crippen LogP contribution is -1.91. The maximum atomic E-state index is 3.86. The molecule has 0 aromatic heterocycles. The Hall–Kier alpha value is -1.22. The molecule has 0 heteroatoms. The second-order valence-corrected chi connectivity index (χ2v) is 2.80. The molecule has 56 valence electrons. The third kappa shape index (κ3) is 2.91. The fourth-order valence-corrected chi connectivity index (χ4v) is 1.000. The Labute approximate surface area is 68.3 Å². The van der Waals surface area contributed by atoms with Gasteiger partial charge in [0.25, 0.3) is 0 Å². The van der Waals surface area contributed by atoms with Gasteiger partial charge in [0.2, 0.25) is 0 Å². The number of hydrogen-bond acceptors (Lipinski definition) is 0. The number of hydrogen-bond donors (Lipinski definition) is 0. The Morgan fingerprint density at radius 1 is 1.55 bits per heavy atom. The molecule has 1 atom stereocenters. The van der Waals surface area contributed by atoms with Crippen molar-refractivity contribution < 1.29 is 0 Å². The van der Waals surface area contributed by atoms with Gasteiger partial charge in [-0.3, -0.25) is 0 Å². The molecule has 0 aliphatic heterocycles. The van der Waals surface area contributed by atoms with Crippen molar-refractivity contribution in [1.82, 2.24) is 0 Å². The molecule has 0 fully saturated rings. The third-order valence-electron chi connectivity index (χ3n) is 1.47. The molecule has 0 saturated carbocycles.